The molecule has 0 spiro atoms. The minimum Gasteiger partial charge on any atom is -0.874 e. The number of primary sulfonamides is 1. The van der Waals surface area contributed by atoms with Gasteiger partial charge in [0.2, 0.25) is 20.0 Å². The summed E-state index contributed by atoms with van der Waals surface area (Å²) >= 11 is 0. The Bertz CT molecular complexity index is 2570. The first kappa shape index (κ1) is 46.7. The number of nitro groups is 1. The van der Waals surface area contributed by atoms with E-state index in [1.165, 1.54) is 18.2 Å². The van der Waals surface area contributed by atoms with Crippen LogP contribution in [0.5, 0.6) is 17.2 Å². The monoisotopic (exact) mass is 849 g/mol. The molecule has 0 aliphatic carbocycles. The van der Waals surface area contributed by atoms with E-state index in [9.17, 15) is 52.2 Å². The van der Waals surface area contributed by atoms with Crippen molar-refractivity contribution in [3.63, 3.8) is 0 Å². The molecule has 0 unspecified atom stereocenters. The van der Waals surface area contributed by atoms with Crippen LogP contribution in [0.25, 0.3) is 10.8 Å². The zero-order valence-corrected chi connectivity index (χ0v) is 34.2. The summed E-state index contributed by atoms with van der Waals surface area (Å²) in [7, 11) is -7.68. The maximum Gasteiger partial charge on any atom is 3.00 e. The summed E-state index contributed by atoms with van der Waals surface area (Å²) in [4.78, 5) is 22.0. The van der Waals surface area contributed by atoms with E-state index in [0.717, 1.165) is 49.6 Å². The normalized spacial score (nSPS) is 11.8. The number of nitro benzene ring substituents is 1. The first-order valence-electron chi connectivity index (χ1n) is 14.9. The van der Waals surface area contributed by atoms with Crippen molar-refractivity contribution in [3.8, 4) is 17.2 Å². The molecule has 0 fully saturated rings. The van der Waals surface area contributed by atoms with Crippen LogP contribution < -0.4 is 65.2 Å². The van der Waals surface area contributed by atoms with E-state index in [1.54, 1.807) is 42.5 Å². The van der Waals surface area contributed by atoms with Crippen LogP contribution in [0.15, 0.2) is 134 Å². The molecular formula is C33H26CrN8NaO11S2. The number of sulfonamides is 2. The second-order valence-electron chi connectivity index (χ2n) is 10.9. The molecule has 0 heterocycles. The Balaban J connectivity index is 0.000000375. The quantitative estimate of drug-likeness (QED) is 0.0431. The van der Waals surface area contributed by atoms with Gasteiger partial charge < -0.3 is 25.7 Å². The Morgan fingerprint density at radius 1 is 0.786 bits per heavy atom. The second-order valence-corrected chi connectivity index (χ2v) is 14.2. The Morgan fingerprint density at radius 2 is 1.39 bits per heavy atom. The Labute approximate surface area is 352 Å². The Kier molecular flexibility index (Phi) is 16.6. The van der Waals surface area contributed by atoms with Crippen molar-refractivity contribution in [3.05, 3.63) is 119 Å². The molecular weight excluding hydrogens is 824 g/mol. The van der Waals surface area contributed by atoms with Gasteiger partial charge in [-0.25, -0.2) is 22.0 Å². The van der Waals surface area contributed by atoms with Gasteiger partial charge in [-0.3, -0.25) is 19.6 Å². The number of allylic oxidation sites excluding steroid dienone is 1. The van der Waals surface area contributed by atoms with E-state index >= 15 is 0 Å². The molecule has 19 nitrogen and oxygen atoms in total. The topological polar surface area (TPSA) is 320 Å². The summed E-state index contributed by atoms with van der Waals surface area (Å²) in [6.45, 7) is 1.11. The Hall–Kier alpha value is -5.44. The number of fused-ring (bicyclic) bond motifs is 1. The van der Waals surface area contributed by atoms with E-state index in [2.05, 4.69) is 30.5 Å². The number of hydrogen-bond donors (Lipinski definition) is 3. The average molecular weight is 850 g/mol. The predicted octanol–water partition coefficient (Wildman–Crippen LogP) is 0.405. The van der Waals surface area contributed by atoms with Crippen LogP contribution in [0.1, 0.15) is 6.92 Å². The van der Waals surface area contributed by atoms with Gasteiger partial charge >= 0.3 is 46.9 Å². The molecule has 283 valence electrons. The maximum absolute atomic E-state index is 12.3. The van der Waals surface area contributed by atoms with Crippen molar-refractivity contribution in [2.75, 3.05) is 16.3 Å². The molecule has 4 N–H and O–H groups in total. The van der Waals surface area contributed by atoms with Gasteiger partial charge in [0.25, 0.3) is 11.6 Å². The van der Waals surface area contributed by atoms with Crippen LogP contribution in [-0.2, 0) is 42.2 Å². The van der Waals surface area contributed by atoms with E-state index in [4.69, 9.17) is 5.14 Å². The number of nitrogens with one attached hydrogen (secondary N) is 2. The number of carbonyl (C=O) groups is 1. The molecule has 5 aromatic rings. The molecule has 23 heteroatoms. The zero-order valence-electron chi connectivity index (χ0n) is 29.3. The molecule has 0 bridgehead atoms. The number of para-hydroxylation sites is 1. The van der Waals surface area contributed by atoms with Gasteiger partial charge in [0, 0.05) is 23.2 Å². The standard InChI is InChI=1S/C17H14N4O6S.C16H16N4O5S.Cr.Na/c1-28(26,27)20-12-4-2-3-10-5-7-15(23)17(16(10)12)19-18-13-9-11(21(24)25)6-8-14(13)22;1-10(21)15(16(23)18-11-5-3-2-4-6-11)20-19-13-9-12(26(17,24)25)7-8-14(13)22;;/h2-9,20,22-23H,1H3;2-9,21-22H,1H3,(H,18,23)(H2,17,24,25);;/q;;+3;+1/p-4. The van der Waals surface area contributed by atoms with Crippen molar-refractivity contribution in [1.82, 2.24) is 0 Å². The molecule has 0 atom stereocenters. The summed E-state index contributed by atoms with van der Waals surface area (Å²) in [5, 5.41) is 81.2. The average Bonchev–Trinajstić information content (AvgIpc) is 3.09. The van der Waals surface area contributed by atoms with Crippen molar-refractivity contribution in [1.29, 1.82) is 0 Å². The molecule has 0 aromatic heterocycles. The summed E-state index contributed by atoms with van der Waals surface area (Å²) in [6.07, 6.45) is 0.959. The molecule has 1 amide bonds. The van der Waals surface area contributed by atoms with Gasteiger partial charge in [-0.1, -0.05) is 78.8 Å². The van der Waals surface area contributed by atoms with Crippen LogP contribution in [0.2, 0.25) is 0 Å². The number of nitrogens with zero attached hydrogens (tertiary/aromatic N) is 5. The van der Waals surface area contributed by atoms with Gasteiger partial charge in [0.1, 0.15) is 5.70 Å². The van der Waals surface area contributed by atoms with Crippen LogP contribution in [0, 0.1) is 10.1 Å². The van der Waals surface area contributed by atoms with E-state index in [1.807, 2.05) is 0 Å². The van der Waals surface area contributed by atoms with Gasteiger partial charge in [-0.05, 0) is 35.7 Å². The molecule has 5 rings (SSSR count). The predicted molar refractivity (Wildman–Crippen MR) is 188 cm³/mol. The van der Waals surface area contributed by atoms with Crippen molar-refractivity contribution >= 4 is 70.9 Å². The number of nitrogens with two attached hydrogens (primary N) is 1. The van der Waals surface area contributed by atoms with Crippen molar-refractivity contribution < 1.29 is 93.9 Å². The molecule has 0 aliphatic heterocycles. The van der Waals surface area contributed by atoms with E-state index in [0.29, 0.717) is 11.1 Å². The smallest absolute Gasteiger partial charge is 0.874 e. The minimum absolute atomic E-state index is 0. The number of non-ortho nitro benzene ring substituents is 1. The molecule has 1 radical (unpaired) electrons. The van der Waals surface area contributed by atoms with Crippen LogP contribution >= 0.6 is 0 Å². The number of azo groups is 2. The zero-order chi connectivity index (χ0) is 39.8. The minimum atomic E-state index is -4.05. The van der Waals surface area contributed by atoms with Gasteiger partial charge in [0.05, 0.1) is 38.8 Å². The Morgan fingerprint density at radius 3 is 1.98 bits per heavy atom. The molecule has 56 heavy (non-hydrogen) atoms. The number of rotatable bonds is 10. The van der Waals surface area contributed by atoms with Gasteiger partial charge in [-0.15, -0.1) is 10.9 Å². The fraction of sp³-hybridized carbons (Fsp3) is 0.0606. The number of benzene rings is 5. The molecule has 0 aliphatic rings. The van der Waals surface area contributed by atoms with Crippen molar-refractivity contribution in [2.24, 2.45) is 25.6 Å². The third-order valence-electron chi connectivity index (χ3n) is 6.78. The van der Waals surface area contributed by atoms with Crippen molar-refractivity contribution in [2.45, 2.75) is 11.8 Å². The molecule has 0 saturated heterocycles. The van der Waals surface area contributed by atoms with E-state index in [-0.39, 0.29) is 85.6 Å². The summed E-state index contributed by atoms with van der Waals surface area (Å²) in [6, 6.07) is 21.6. The number of anilines is 2. The molecule has 5 aromatic carbocycles. The third kappa shape index (κ3) is 12.8. The number of carbonyl (C=O) groups excluding carboxylic acids is 1. The fourth-order valence-corrected chi connectivity index (χ4v) is 5.47. The summed E-state index contributed by atoms with van der Waals surface area (Å²) < 4.78 is 48.2. The fourth-order valence-electron chi connectivity index (χ4n) is 4.37. The summed E-state index contributed by atoms with van der Waals surface area (Å²) in [5.41, 5.74) is -1.24. The van der Waals surface area contributed by atoms with Crippen LogP contribution in [-0.4, -0.2) is 33.9 Å². The largest absolute Gasteiger partial charge is 3.00 e. The molecule has 0 saturated carbocycles. The van der Waals surface area contributed by atoms with Gasteiger partial charge in [0.15, 0.2) is 0 Å². The SMILES string of the molecule is CC([O-])=C(N=Nc1cc(S(N)(=O)=O)ccc1[O-])C(=O)Nc1ccccc1.CS(=O)(=O)Nc1cccc2ccc([O-])c(N=Nc3cc([N+](=O)[O-])ccc3[O-])c12.[Cr+3].[Na+]. The second kappa shape index (κ2) is 19.9. The van der Waals surface area contributed by atoms with Crippen LogP contribution in [0.3, 0.4) is 0 Å². The van der Waals surface area contributed by atoms with Crippen LogP contribution in [0.4, 0.5) is 34.1 Å². The number of hydrogen-bond acceptors (Lipinski definition) is 15. The third-order valence-corrected chi connectivity index (χ3v) is 8.29. The summed E-state index contributed by atoms with van der Waals surface area (Å²) in [5.74, 6) is -3.32. The number of amides is 1. The first-order chi connectivity index (χ1) is 25.3. The van der Waals surface area contributed by atoms with E-state index < -0.39 is 59.6 Å². The first-order valence-corrected chi connectivity index (χ1v) is 18.4. The van der Waals surface area contributed by atoms with Gasteiger partial charge in [-0.2, -0.15) is 15.3 Å². The maximum atomic E-state index is 12.3.